The van der Waals surface area contributed by atoms with Crippen LogP contribution in [-0.2, 0) is 9.53 Å². The second kappa shape index (κ2) is 4.85. The first-order valence-electron chi connectivity index (χ1n) is 5.81. The van der Waals surface area contributed by atoms with Crippen LogP contribution < -0.4 is 5.32 Å². The van der Waals surface area contributed by atoms with Gasteiger partial charge in [0, 0.05) is 5.41 Å². The van der Waals surface area contributed by atoms with E-state index in [4.69, 9.17) is 0 Å². The highest BCUT2D eigenvalue weighted by Crippen LogP contribution is 2.37. The fourth-order valence-corrected chi connectivity index (χ4v) is 1.61. The minimum atomic E-state index is -0.517. The first kappa shape index (κ1) is 13.0. The molecule has 0 radical (unpaired) electrons. The zero-order valence-corrected chi connectivity index (χ0v) is 10.5. The van der Waals surface area contributed by atoms with Crippen molar-refractivity contribution < 1.29 is 14.3 Å². The molecule has 0 aromatic heterocycles. The largest absolute Gasteiger partial charge is 0.453 e. The lowest BCUT2D eigenvalue weighted by molar-refractivity contribution is -0.129. The maximum Gasteiger partial charge on any atom is 0.407 e. The fraction of sp³-hybridized carbons (Fsp3) is 0.833. The average molecular weight is 227 g/mol. The van der Waals surface area contributed by atoms with Crippen molar-refractivity contribution in [1.82, 2.24) is 5.32 Å². The zero-order chi connectivity index (χ0) is 12.3. The molecule has 1 aliphatic carbocycles. The van der Waals surface area contributed by atoms with Gasteiger partial charge in [0.1, 0.15) is 0 Å². The zero-order valence-electron chi connectivity index (χ0n) is 10.5. The van der Waals surface area contributed by atoms with E-state index in [1.807, 2.05) is 20.8 Å². The van der Waals surface area contributed by atoms with Gasteiger partial charge in [-0.3, -0.25) is 4.79 Å². The highest BCUT2D eigenvalue weighted by atomic mass is 16.5. The summed E-state index contributed by atoms with van der Waals surface area (Å²) >= 11 is 0. The van der Waals surface area contributed by atoms with Crippen LogP contribution in [0.5, 0.6) is 0 Å². The lowest BCUT2D eigenvalue weighted by Gasteiger charge is -2.27. The molecule has 1 atom stereocenters. The van der Waals surface area contributed by atoms with Gasteiger partial charge in [0.15, 0.2) is 5.78 Å². The number of methoxy groups -OCH3 is 1. The van der Waals surface area contributed by atoms with Gasteiger partial charge in [-0.1, -0.05) is 20.8 Å². The van der Waals surface area contributed by atoms with Crippen LogP contribution in [0.1, 0.15) is 40.0 Å². The first-order chi connectivity index (χ1) is 7.42. The van der Waals surface area contributed by atoms with Gasteiger partial charge in [0.25, 0.3) is 0 Å². The Bertz CT molecular complexity index is 282. The van der Waals surface area contributed by atoms with E-state index in [2.05, 4.69) is 10.1 Å². The van der Waals surface area contributed by atoms with E-state index >= 15 is 0 Å². The van der Waals surface area contributed by atoms with Crippen LogP contribution in [0.4, 0.5) is 4.79 Å². The molecule has 0 bridgehead atoms. The number of carbonyl (C=O) groups is 2. The Labute approximate surface area is 96.7 Å². The van der Waals surface area contributed by atoms with Crippen LogP contribution in [0.25, 0.3) is 0 Å². The highest BCUT2D eigenvalue weighted by Gasteiger charge is 2.42. The Morgan fingerprint density at radius 1 is 1.44 bits per heavy atom. The molecule has 4 nitrogen and oxygen atoms in total. The average Bonchev–Trinajstić information content (AvgIpc) is 3.08. The van der Waals surface area contributed by atoms with Gasteiger partial charge in [-0.25, -0.2) is 4.79 Å². The lowest BCUT2D eigenvalue weighted by atomic mass is 9.80. The SMILES string of the molecule is CCC(C)(C)C(=O)[C@@H](NC(=O)OC)C1CC1. The van der Waals surface area contributed by atoms with Gasteiger partial charge in [0.2, 0.25) is 0 Å². The summed E-state index contributed by atoms with van der Waals surface area (Å²) in [5.41, 5.74) is -0.381. The predicted molar refractivity (Wildman–Crippen MR) is 61.1 cm³/mol. The Hall–Kier alpha value is -1.06. The molecule has 1 saturated carbocycles. The number of ether oxygens (including phenoxy) is 1. The monoisotopic (exact) mass is 227 g/mol. The van der Waals surface area contributed by atoms with Crippen molar-refractivity contribution in [3.05, 3.63) is 0 Å². The molecule has 4 heteroatoms. The number of hydrogen-bond donors (Lipinski definition) is 1. The van der Waals surface area contributed by atoms with Gasteiger partial charge in [-0.05, 0) is 25.2 Å². The summed E-state index contributed by atoms with van der Waals surface area (Å²) in [5, 5.41) is 2.66. The summed E-state index contributed by atoms with van der Waals surface area (Å²) in [6, 6.07) is -0.373. The number of ketones is 1. The summed E-state index contributed by atoms with van der Waals surface area (Å²) in [6.45, 7) is 5.83. The Balaban J connectivity index is 2.70. The Morgan fingerprint density at radius 2 is 2.00 bits per heavy atom. The van der Waals surface area contributed by atoms with E-state index in [1.165, 1.54) is 7.11 Å². The van der Waals surface area contributed by atoms with E-state index < -0.39 is 6.09 Å². The van der Waals surface area contributed by atoms with E-state index in [-0.39, 0.29) is 17.2 Å². The van der Waals surface area contributed by atoms with Crippen LogP contribution in [0.3, 0.4) is 0 Å². The van der Waals surface area contributed by atoms with E-state index in [0.717, 1.165) is 19.3 Å². The minimum absolute atomic E-state index is 0.114. The third-order valence-corrected chi connectivity index (χ3v) is 3.39. The normalized spacial score (nSPS) is 17.8. The molecule has 0 aromatic carbocycles. The van der Waals surface area contributed by atoms with Gasteiger partial charge < -0.3 is 10.1 Å². The van der Waals surface area contributed by atoms with Crippen molar-refractivity contribution in [2.45, 2.75) is 46.1 Å². The number of rotatable bonds is 5. The molecule has 0 saturated heterocycles. The molecule has 1 aliphatic rings. The van der Waals surface area contributed by atoms with Crippen LogP contribution in [0.15, 0.2) is 0 Å². The smallest absolute Gasteiger partial charge is 0.407 e. The van der Waals surface area contributed by atoms with Gasteiger partial charge in [-0.15, -0.1) is 0 Å². The summed E-state index contributed by atoms with van der Waals surface area (Å²) < 4.78 is 4.55. The Morgan fingerprint density at radius 3 is 2.38 bits per heavy atom. The number of Topliss-reactive ketones (excluding diaryl/α,β-unsaturated/α-hetero) is 1. The quantitative estimate of drug-likeness (QED) is 0.782. The molecule has 1 amide bonds. The van der Waals surface area contributed by atoms with E-state index in [1.54, 1.807) is 0 Å². The summed E-state index contributed by atoms with van der Waals surface area (Å²) in [6.07, 6.45) is 2.29. The third-order valence-electron chi connectivity index (χ3n) is 3.39. The van der Waals surface area contributed by atoms with Crippen molar-refractivity contribution in [2.24, 2.45) is 11.3 Å². The second-order valence-corrected chi connectivity index (χ2v) is 5.05. The van der Waals surface area contributed by atoms with Crippen molar-refractivity contribution in [3.63, 3.8) is 0 Å². The summed E-state index contributed by atoms with van der Waals surface area (Å²) in [4.78, 5) is 23.4. The topological polar surface area (TPSA) is 55.4 Å². The molecule has 16 heavy (non-hydrogen) atoms. The van der Waals surface area contributed by atoms with Crippen LogP contribution in [-0.4, -0.2) is 25.0 Å². The van der Waals surface area contributed by atoms with Crippen LogP contribution in [0, 0.1) is 11.3 Å². The van der Waals surface area contributed by atoms with Crippen LogP contribution >= 0.6 is 0 Å². The van der Waals surface area contributed by atoms with Crippen molar-refractivity contribution in [2.75, 3.05) is 7.11 Å². The van der Waals surface area contributed by atoms with Crippen LogP contribution in [0.2, 0.25) is 0 Å². The molecular formula is C12H21NO3. The van der Waals surface area contributed by atoms with Crippen molar-refractivity contribution in [3.8, 4) is 0 Å². The molecule has 0 aromatic rings. The van der Waals surface area contributed by atoms with Crippen molar-refractivity contribution in [1.29, 1.82) is 0 Å². The summed E-state index contributed by atoms with van der Waals surface area (Å²) in [7, 11) is 1.31. The van der Waals surface area contributed by atoms with E-state index in [0.29, 0.717) is 5.92 Å². The maximum atomic E-state index is 12.3. The molecular weight excluding hydrogens is 206 g/mol. The molecule has 1 rings (SSSR count). The standard InChI is InChI=1S/C12H21NO3/c1-5-12(2,3)10(14)9(8-6-7-8)13-11(15)16-4/h8-9H,5-7H2,1-4H3,(H,13,15)/t9-/m0/s1. The maximum absolute atomic E-state index is 12.3. The highest BCUT2D eigenvalue weighted by molar-refractivity contribution is 5.92. The minimum Gasteiger partial charge on any atom is -0.453 e. The van der Waals surface area contributed by atoms with E-state index in [9.17, 15) is 9.59 Å². The summed E-state index contributed by atoms with van der Waals surface area (Å²) in [5.74, 6) is 0.417. The molecule has 0 heterocycles. The number of hydrogen-bond acceptors (Lipinski definition) is 3. The van der Waals surface area contributed by atoms with Crippen molar-refractivity contribution >= 4 is 11.9 Å². The van der Waals surface area contributed by atoms with Gasteiger partial charge in [0.05, 0.1) is 13.2 Å². The number of carbonyl (C=O) groups excluding carboxylic acids is 2. The fourth-order valence-electron chi connectivity index (χ4n) is 1.61. The molecule has 1 fully saturated rings. The number of nitrogens with one attached hydrogen (secondary N) is 1. The lowest BCUT2D eigenvalue weighted by Crippen LogP contribution is -2.47. The first-order valence-corrected chi connectivity index (χ1v) is 5.81. The molecule has 0 aliphatic heterocycles. The molecule has 0 spiro atoms. The Kier molecular flexibility index (Phi) is 3.94. The van der Waals surface area contributed by atoms with Gasteiger partial charge >= 0.3 is 6.09 Å². The third kappa shape index (κ3) is 2.97. The molecule has 0 unspecified atom stereocenters. The van der Waals surface area contributed by atoms with Gasteiger partial charge in [-0.2, -0.15) is 0 Å². The molecule has 1 N–H and O–H groups in total. The second-order valence-electron chi connectivity index (χ2n) is 5.05. The number of alkyl carbamates (subject to hydrolysis) is 1. The number of amides is 1. The predicted octanol–water partition coefficient (Wildman–Crippen LogP) is 2.13. The molecule has 92 valence electrons.